The second kappa shape index (κ2) is 11.7. The lowest BCUT2D eigenvalue weighted by molar-refractivity contribution is -0.122. The third-order valence-corrected chi connectivity index (χ3v) is 6.83. The fourth-order valence-electron chi connectivity index (χ4n) is 3.40. The van der Waals surface area contributed by atoms with Crippen molar-refractivity contribution in [3.05, 3.63) is 98.9 Å². The van der Waals surface area contributed by atoms with Crippen molar-refractivity contribution < 1.29 is 14.3 Å². The van der Waals surface area contributed by atoms with E-state index < -0.39 is 0 Å². The van der Waals surface area contributed by atoms with E-state index in [1.807, 2.05) is 36.4 Å². The second-order valence-corrected chi connectivity index (χ2v) is 10.2. The van der Waals surface area contributed by atoms with Gasteiger partial charge < -0.3 is 10.1 Å². The number of carbonyl (C=O) groups excluding carboxylic acids is 2. The van der Waals surface area contributed by atoms with Crippen molar-refractivity contribution in [3.63, 3.8) is 0 Å². The monoisotopic (exact) mass is 542 g/mol. The number of nitrogens with zero attached hydrogens (tertiary/aromatic N) is 1. The van der Waals surface area contributed by atoms with E-state index in [0.717, 1.165) is 17.5 Å². The SMILES string of the molecule is O=C(COc1cccc(/C=C2\SC(=S)N(CCc3ccccc3)C2=O)c1)Nc1cc(Cl)cc(Cl)c1. The van der Waals surface area contributed by atoms with Gasteiger partial charge in [-0.1, -0.05) is 89.6 Å². The van der Waals surface area contributed by atoms with Gasteiger partial charge in [-0.25, -0.2) is 0 Å². The van der Waals surface area contributed by atoms with Crippen molar-refractivity contribution in [1.29, 1.82) is 0 Å². The Kier molecular flexibility index (Phi) is 8.46. The van der Waals surface area contributed by atoms with Crippen molar-refractivity contribution >= 4 is 75.1 Å². The molecule has 5 nitrogen and oxygen atoms in total. The van der Waals surface area contributed by atoms with Gasteiger partial charge >= 0.3 is 0 Å². The Morgan fingerprint density at radius 2 is 1.77 bits per heavy atom. The van der Waals surface area contributed by atoms with Crippen LogP contribution in [-0.4, -0.2) is 34.2 Å². The van der Waals surface area contributed by atoms with Crippen molar-refractivity contribution in [3.8, 4) is 5.75 Å². The molecule has 4 rings (SSSR count). The number of rotatable bonds is 8. The van der Waals surface area contributed by atoms with Crippen LogP contribution in [0, 0.1) is 0 Å². The highest BCUT2D eigenvalue weighted by atomic mass is 35.5. The number of anilines is 1. The number of amides is 2. The molecule has 2 amide bonds. The standard InChI is InChI=1S/C26H20Cl2N2O3S2/c27-19-13-20(28)15-21(14-19)29-24(31)16-33-22-8-4-7-18(11-22)12-23-25(32)30(26(34)35-23)10-9-17-5-2-1-3-6-17/h1-8,11-15H,9-10,16H2,(H,29,31)/b23-12-. The summed E-state index contributed by atoms with van der Waals surface area (Å²) in [6, 6.07) is 21.9. The maximum Gasteiger partial charge on any atom is 0.266 e. The van der Waals surface area contributed by atoms with E-state index in [4.69, 9.17) is 40.2 Å². The molecule has 1 aliphatic heterocycles. The number of ether oxygens (including phenoxy) is 1. The molecular formula is C26H20Cl2N2O3S2. The van der Waals surface area contributed by atoms with Crippen molar-refractivity contribution in [2.75, 3.05) is 18.5 Å². The number of thiocarbonyl (C=S) groups is 1. The van der Waals surface area contributed by atoms with E-state index >= 15 is 0 Å². The molecule has 178 valence electrons. The molecule has 1 aliphatic rings. The lowest BCUT2D eigenvalue weighted by Gasteiger charge is -2.14. The van der Waals surface area contributed by atoms with Crippen LogP contribution in [0.25, 0.3) is 6.08 Å². The highest BCUT2D eigenvalue weighted by Crippen LogP contribution is 2.33. The first-order chi connectivity index (χ1) is 16.9. The largest absolute Gasteiger partial charge is 0.484 e. The third-order valence-electron chi connectivity index (χ3n) is 5.01. The zero-order valence-corrected chi connectivity index (χ0v) is 21.5. The molecule has 1 N–H and O–H groups in total. The first kappa shape index (κ1) is 25.3. The highest BCUT2D eigenvalue weighted by molar-refractivity contribution is 8.26. The number of hydrogen-bond acceptors (Lipinski definition) is 5. The first-order valence-electron chi connectivity index (χ1n) is 10.7. The molecule has 0 atom stereocenters. The zero-order valence-electron chi connectivity index (χ0n) is 18.4. The fourth-order valence-corrected chi connectivity index (χ4v) is 5.23. The molecule has 0 bridgehead atoms. The Bertz CT molecular complexity index is 1280. The molecule has 3 aromatic rings. The fraction of sp³-hybridized carbons (Fsp3) is 0.115. The van der Waals surface area contributed by atoms with Crippen molar-refractivity contribution in [2.45, 2.75) is 6.42 Å². The van der Waals surface area contributed by atoms with Crippen LogP contribution in [0.1, 0.15) is 11.1 Å². The van der Waals surface area contributed by atoms with Crippen LogP contribution in [0.15, 0.2) is 77.7 Å². The van der Waals surface area contributed by atoms with Gasteiger partial charge in [-0.3, -0.25) is 14.5 Å². The minimum Gasteiger partial charge on any atom is -0.484 e. The number of carbonyl (C=O) groups is 2. The predicted octanol–water partition coefficient (Wildman–Crippen LogP) is 6.45. The van der Waals surface area contributed by atoms with Crippen LogP contribution < -0.4 is 10.1 Å². The lowest BCUT2D eigenvalue weighted by atomic mass is 10.1. The van der Waals surface area contributed by atoms with Crippen LogP contribution in [0.2, 0.25) is 10.0 Å². The molecule has 3 aromatic carbocycles. The highest BCUT2D eigenvalue weighted by Gasteiger charge is 2.31. The van der Waals surface area contributed by atoms with E-state index in [1.165, 1.54) is 11.8 Å². The maximum atomic E-state index is 12.9. The summed E-state index contributed by atoms with van der Waals surface area (Å²) in [5.41, 5.74) is 2.41. The summed E-state index contributed by atoms with van der Waals surface area (Å²) < 4.78 is 6.17. The molecule has 1 fully saturated rings. The number of thioether (sulfide) groups is 1. The number of benzene rings is 3. The van der Waals surface area contributed by atoms with Gasteiger partial charge in [-0.05, 0) is 54.0 Å². The van der Waals surface area contributed by atoms with Gasteiger partial charge in [-0.15, -0.1) is 0 Å². The zero-order chi connectivity index (χ0) is 24.8. The van der Waals surface area contributed by atoms with E-state index in [-0.39, 0.29) is 18.4 Å². The summed E-state index contributed by atoms with van der Waals surface area (Å²) in [5, 5.41) is 3.54. The van der Waals surface area contributed by atoms with Crippen LogP contribution in [-0.2, 0) is 16.0 Å². The lowest BCUT2D eigenvalue weighted by Crippen LogP contribution is -2.30. The van der Waals surface area contributed by atoms with Gasteiger partial charge in [-0.2, -0.15) is 0 Å². The molecule has 0 aromatic heterocycles. The summed E-state index contributed by atoms with van der Waals surface area (Å²) in [6.07, 6.45) is 2.51. The molecule has 0 aliphatic carbocycles. The summed E-state index contributed by atoms with van der Waals surface area (Å²) in [5.74, 6) is 0.0346. The normalized spacial score (nSPS) is 14.5. The first-order valence-corrected chi connectivity index (χ1v) is 12.6. The Morgan fingerprint density at radius 1 is 1.03 bits per heavy atom. The van der Waals surface area contributed by atoms with Gasteiger partial charge in [0.25, 0.3) is 11.8 Å². The van der Waals surface area contributed by atoms with E-state index in [9.17, 15) is 9.59 Å². The molecular weight excluding hydrogens is 523 g/mol. The van der Waals surface area contributed by atoms with E-state index in [1.54, 1.807) is 47.4 Å². The average molecular weight is 543 g/mol. The Hall–Kier alpha value is -2.84. The minimum atomic E-state index is -0.354. The predicted molar refractivity (Wildman–Crippen MR) is 147 cm³/mol. The van der Waals surface area contributed by atoms with Crippen molar-refractivity contribution in [2.24, 2.45) is 0 Å². The molecule has 0 unspecified atom stereocenters. The van der Waals surface area contributed by atoms with Gasteiger partial charge in [0.05, 0.1) is 4.91 Å². The molecule has 0 spiro atoms. The van der Waals surface area contributed by atoms with Crippen LogP contribution >= 0.6 is 47.2 Å². The summed E-state index contributed by atoms with van der Waals surface area (Å²) in [6.45, 7) is 0.331. The molecule has 0 radical (unpaired) electrons. The minimum absolute atomic E-state index is 0.109. The van der Waals surface area contributed by atoms with Gasteiger partial charge in [0.1, 0.15) is 10.1 Å². The number of halogens is 2. The molecule has 1 saturated heterocycles. The van der Waals surface area contributed by atoms with Crippen LogP contribution in [0.5, 0.6) is 5.75 Å². The Morgan fingerprint density at radius 3 is 2.51 bits per heavy atom. The molecule has 0 saturated carbocycles. The second-order valence-electron chi connectivity index (χ2n) is 7.64. The average Bonchev–Trinajstić information content (AvgIpc) is 3.08. The van der Waals surface area contributed by atoms with Crippen LogP contribution in [0.3, 0.4) is 0 Å². The Balaban J connectivity index is 1.35. The maximum absolute atomic E-state index is 12.9. The molecule has 35 heavy (non-hydrogen) atoms. The van der Waals surface area contributed by atoms with Crippen molar-refractivity contribution in [1.82, 2.24) is 4.90 Å². The topological polar surface area (TPSA) is 58.6 Å². The number of hydrogen-bond donors (Lipinski definition) is 1. The van der Waals surface area contributed by atoms with E-state index in [0.29, 0.717) is 37.3 Å². The van der Waals surface area contributed by atoms with E-state index in [2.05, 4.69) is 5.32 Å². The van der Waals surface area contributed by atoms with Gasteiger partial charge in [0.2, 0.25) is 0 Å². The summed E-state index contributed by atoms with van der Waals surface area (Å²) in [7, 11) is 0. The molecule has 1 heterocycles. The van der Waals surface area contributed by atoms with Gasteiger partial charge in [0, 0.05) is 22.3 Å². The quantitative estimate of drug-likeness (QED) is 0.261. The Labute approximate surface area is 223 Å². The van der Waals surface area contributed by atoms with Crippen LogP contribution in [0.4, 0.5) is 5.69 Å². The smallest absolute Gasteiger partial charge is 0.266 e. The summed E-state index contributed by atoms with van der Waals surface area (Å²) >= 11 is 18.6. The van der Waals surface area contributed by atoms with Gasteiger partial charge in [0.15, 0.2) is 6.61 Å². The molecule has 9 heteroatoms. The summed E-state index contributed by atoms with van der Waals surface area (Å²) in [4.78, 5) is 27.3. The third kappa shape index (κ3) is 7.08. The number of nitrogens with one attached hydrogen (secondary N) is 1.